The van der Waals surface area contributed by atoms with Gasteiger partial charge < -0.3 is 4.74 Å². The van der Waals surface area contributed by atoms with Gasteiger partial charge in [-0.2, -0.15) is 0 Å². The first-order valence-electron chi connectivity index (χ1n) is 8.79. The zero-order valence-corrected chi connectivity index (χ0v) is 14.4. The molecule has 1 aliphatic rings. The van der Waals surface area contributed by atoms with Gasteiger partial charge in [-0.3, -0.25) is 4.79 Å². The van der Waals surface area contributed by atoms with Crippen LogP contribution in [0, 0.1) is 0 Å². The van der Waals surface area contributed by atoms with Crippen molar-refractivity contribution < 1.29 is 14.3 Å². The van der Waals surface area contributed by atoms with E-state index in [0.717, 1.165) is 17.5 Å². The first-order valence-corrected chi connectivity index (χ1v) is 8.79. The van der Waals surface area contributed by atoms with E-state index in [0.29, 0.717) is 12.8 Å². The van der Waals surface area contributed by atoms with Crippen LogP contribution in [-0.2, 0) is 16.0 Å². The summed E-state index contributed by atoms with van der Waals surface area (Å²) in [4.78, 5) is 26.7. The summed E-state index contributed by atoms with van der Waals surface area (Å²) >= 11 is 0. The second-order valence-electron chi connectivity index (χ2n) is 6.38. The topological polar surface area (TPSA) is 46.6 Å². The van der Waals surface area contributed by atoms with Crippen molar-refractivity contribution in [3.8, 4) is 0 Å². The third-order valence-corrected chi connectivity index (χ3v) is 4.59. The van der Waals surface area contributed by atoms with Crippen molar-refractivity contribution in [3.05, 3.63) is 71.8 Å². The predicted molar refractivity (Wildman–Crippen MR) is 96.2 cm³/mol. The molecule has 4 heteroatoms. The van der Waals surface area contributed by atoms with Crippen LogP contribution < -0.4 is 0 Å². The fourth-order valence-corrected chi connectivity index (χ4v) is 3.34. The number of amides is 2. The normalized spacial score (nSPS) is 18.0. The first-order chi connectivity index (χ1) is 12.2. The molecule has 1 heterocycles. The van der Waals surface area contributed by atoms with E-state index in [-0.39, 0.29) is 24.5 Å². The van der Waals surface area contributed by atoms with Crippen molar-refractivity contribution in [2.24, 2.45) is 0 Å². The summed E-state index contributed by atoms with van der Waals surface area (Å²) in [6, 6.07) is 19.3. The lowest BCUT2D eigenvalue weighted by atomic mass is 9.92. The van der Waals surface area contributed by atoms with E-state index in [1.54, 1.807) is 0 Å². The molecule has 130 valence electrons. The van der Waals surface area contributed by atoms with Crippen molar-refractivity contribution in [1.82, 2.24) is 4.90 Å². The zero-order chi connectivity index (χ0) is 17.6. The van der Waals surface area contributed by atoms with Gasteiger partial charge in [0.05, 0.1) is 12.0 Å². The Morgan fingerprint density at radius 1 is 1.12 bits per heavy atom. The quantitative estimate of drug-likeness (QED) is 0.795. The van der Waals surface area contributed by atoms with Crippen molar-refractivity contribution >= 4 is 12.0 Å². The molecule has 0 N–H and O–H groups in total. The van der Waals surface area contributed by atoms with E-state index in [4.69, 9.17) is 4.74 Å². The molecule has 0 saturated carbocycles. The predicted octanol–water partition coefficient (Wildman–Crippen LogP) is 4.16. The summed E-state index contributed by atoms with van der Waals surface area (Å²) in [6.45, 7) is 2.31. The van der Waals surface area contributed by atoms with Crippen molar-refractivity contribution in [1.29, 1.82) is 0 Å². The first kappa shape index (κ1) is 17.2. The van der Waals surface area contributed by atoms with Gasteiger partial charge in [0.15, 0.2) is 0 Å². The Labute approximate surface area is 148 Å². The van der Waals surface area contributed by atoms with E-state index in [2.05, 4.69) is 0 Å². The highest BCUT2D eigenvalue weighted by Gasteiger charge is 2.40. The fraction of sp³-hybridized carbons (Fsp3) is 0.333. The number of imide groups is 1. The van der Waals surface area contributed by atoms with Gasteiger partial charge >= 0.3 is 6.09 Å². The summed E-state index contributed by atoms with van der Waals surface area (Å²) < 4.78 is 5.20. The van der Waals surface area contributed by atoms with Gasteiger partial charge in [0.1, 0.15) is 6.61 Å². The van der Waals surface area contributed by atoms with Crippen LogP contribution in [0.2, 0.25) is 0 Å². The maximum Gasteiger partial charge on any atom is 0.417 e. The maximum absolute atomic E-state index is 13.2. The molecule has 2 aromatic rings. The van der Waals surface area contributed by atoms with Crippen LogP contribution in [0.4, 0.5) is 4.79 Å². The molecule has 1 fully saturated rings. The van der Waals surface area contributed by atoms with E-state index in [9.17, 15) is 9.59 Å². The van der Waals surface area contributed by atoms with Crippen LogP contribution in [0.25, 0.3) is 0 Å². The lowest BCUT2D eigenvalue weighted by Crippen LogP contribution is -2.42. The van der Waals surface area contributed by atoms with E-state index in [1.807, 2.05) is 67.6 Å². The Morgan fingerprint density at radius 2 is 1.76 bits per heavy atom. The summed E-state index contributed by atoms with van der Waals surface area (Å²) in [6.07, 6.45) is 1.68. The molecule has 3 rings (SSSR count). The van der Waals surface area contributed by atoms with Crippen molar-refractivity contribution in [2.75, 3.05) is 6.61 Å². The summed E-state index contributed by atoms with van der Waals surface area (Å²) in [7, 11) is 0. The smallest absolute Gasteiger partial charge is 0.417 e. The van der Waals surface area contributed by atoms with E-state index >= 15 is 0 Å². The Morgan fingerprint density at radius 3 is 2.40 bits per heavy atom. The molecule has 25 heavy (non-hydrogen) atoms. The molecule has 0 aliphatic carbocycles. The minimum atomic E-state index is -0.525. The molecule has 0 bridgehead atoms. The largest absolute Gasteiger partial charge is 0.447 e. The molecular formula is C21H23NO3. The van der Waals surface area contributed by atoms with Crippen molar-refractivity contribution in [2.45, 2.75) is 38.1 Å². The molecule has 0 spiro atoms. The highest BCUT2D eigenvalue weighted by molar-refractivity contribution is 5.97. The number of carbonyl (C=O) groups is 2. The lowest BCUT2D eigenvalue weighted by molar-refractivity contribution is -0.131. The van der Waals surface area contributed by atoms with Crippen LogP contribution in [-0.4, -0.2) is 29.5 Å². The van der Waals surface area contributed by atoms with E-state index in [1.165, 1.54) is 4.90 Å². The third kappa shape index (κ3) is 3.90. The molecule has 2 atom stereocenters. The number of ether oxygens (including phenoxy) is 1. The molecule has 0 radical (unpaired) electrons. The number of hydrogen-bond acceptors (Lipinski definition) is 3. The monoisotopic (exact) mass is 337 g/mol. The Bertz CT molecular complexity index is 714. The second-order valence-corrected chi connectivity index (χ2v) is 6.38. The van der Waals surface area contributed by atoms with Gasteiger partial charge in [0.2, 0.25) is 5.91 Å². The maximum atomic E-state index is 13.2. The molecule has 2 unspecified atom stereocenters. The SMILES string of the molecule is CCCC(C(=O)N1C(=O)OCC1Cc1ccccc1)c1ccccc1. The average Bonchev–Trinajstić information content (AvgIpc) is 3.01. The van der Waals surface area contributed by atoms with E-state index < -0.39 is 6.09 Å². The fourth-order valence-electron chi connectivity index (χ4n) is 3.34. The highest BCUT2D eigenvalue weighted by Crippen LogP contribution is 2.28. The summed E-state index contributed by atoms with van der Waals surface area (Å²) in [5.74, 6) is -0.466. The zero-order valence-electron chi connectivity index (χ0n) is 14.4. The van der Waals surface area contributed by atoms with Crippen LogP contribution >= 0.6 is 0 Å². The van der Waals surface area contributed by atoms with Gasteiger partial charge in [-0.25, -0.2) is 9.69 Å². The van der Waals surface area contributed by atoms with Crippen molar-refractivity contribution in [3.63, 3.8) is 0 Å². The lowest BCUT2D eigenvalue weighted by Gasteiger charge is -2.25. The highest BCUT2D eigenvalue weighted by atomic mass is 16.6. The van der Waals surface area contributed by atoms with Crippen LogP contribution in [0.15, 0.2) is 60.7 Å². The Hall–Kier alpha value is -2.62. The van der Waals surface area contributed by atoms with Gasteiger partial charge in [0.25, 0.3) is 0 Å². The number of benzene rings is 2. The minimum absolute atomic E-state index is 0.156. The van der Waals surface area contributed by atoms with Gasteiger partial charge in [0, 0.05) is 0 Å². The number of carbonyl (C=O) groups excluding carboxylic acids is 2. The second kappa shape index (κ2) is 7.97. The van der Waals surface area contributed by atoms with Crippen LogP contribution in [0.3, 0.4) is 0 Å². The summed E-state index contributed by atoms with van der Waals surface area (Å²) in [5.41, 5.74) is 2.04. The number of nitrogens with zero attached hydrogens (tertiary/aromatic N) is 1. The summed E-state index contributed by atoms with van der Waals surface area (Å²) in [5, 5.41) is 0. The Balaban J connectivity index is 1.82. The van der Waals surface area contributed by atoms with Gasteiger partial charge in [-0.05, 0) is 24.0 Å². The standard InChI is InChI=1S/C21H23NO3/c1-2-9-19(17-12-7-4-8-13-17)20(23)22-18(15-25-21(22)24)14-16-10-5-3-6-11-16/h3-8,10-13,18-19H,2,9,14-15H2,1H3. The van der Waals surface area contributed by atoms with Gasteiger partial charge in [-0.1, -0.05) is 74.0 Å². The molecule has 1 saturated heterocycles. The van der Waals surface area contributed by atoms with Gasteiger partial charge in [-0.15, -0.1) is 0 Å². The van der Waals surface area contributed by atoms with Crippen LogP contribution in [0.1, 0.15) is 36.8 Å². The molecule has 2 aromatic carbocycles. The molecule has 1 aliphatic heterocycles. The number of hydrogen-bond donors (Lipinski definition) is 0. The molecule has 2 amide bonds. The third-order valence-electron chi connectivity index (χ3n) is 4.59. The number of cyclic esters (lactones) is 1. The molecule has 0 aromatic heterocycles. The van der Waals surface area contributed by atoms with Crippen LogP contribution in [0.5, 0.6) is 0 Å². The number of rotatable bonds is 6. The Kier molecular flexibility index (Phi) is 5.49. The minimum Gasteiger partial charge on any atom is -0.447 e. The molecular weight excluding hydrogens is 314 g/mol. The average molecular weight is 337 g/mol. The molecule has 4 nitrogen and oxygen atoms in total.